The second-order valence-corrected chi connectivity index (χ2v) is 7.32. The van der Waals surface area contributed by atoms with E-state index >= 15 is 0 Å². The normalized spacial score (nSPS) is 13.8. The number of hydrogen-bond acceptors (Lipinski definition) is 5. The molecule has 6 nitrogen and oxygen atoms in total. The topological polar surface area (TPSA) is 85.8 Å². The Morgan fingerprint density at radius 1 is 1.23 bits per heavy atom. The summed E-state index contributed by atoms with van der Waals surface area (Å²) in [4.78, 5) is 18.9. The summed E-state index contributed by atoms with van der Waals surface area (Å²) in [5.41, 5.74) is 2.53. The molecule has 0 aliphatic carbocycles. The lowest BCUT2D eigenvalue weighted by atomic mass is 10.1. The molecule has 0 unspecified atom stereocenters. The number of nitrogens with zero attached hydrogens (tertiary/aromatic N) is 3. The van der Waals surface area contributed by atoms with E-state index in [1.165, 1.54) is 11.8 Å². The Morgan fingerprint density at radius 2 is 1.88 bits per heavy atom. The molecule has 2 heterocycles. The molecule has 0 saturated carbocycles. The van der Waals surface area contributed by atoms with Crippen LogP contribution in [0.5, 0.6) is 0 Å². The van der Waals surface area contributed by atoms with Crippen LogP contribution in [0.3, 0.4) is 0 Å². The number of carbonyl (C=O) groups excluding carboxylic acids is 1. The van der Waals surface area contributed by atoms with Gasteiger partial charge >= 0.3 is 0 Å². The molecule has 2 N–H and O–H groups in total. The van der Waals surface area contributed by atoms with Crippen molar-refractivity contribution in [1.82, 2.24) is 14.5 Å². The number of aromatic nitrogens is 2. The van der Waals surface area contributed by atoms with Gasteiger partial charge in [0.25, 0.3) is 0 Å². The molecule has 1 aliphatic rings. The van der Waals surface area contributed by atoms with Crippen LogP contribution in [-0.2, 0) is 4.79 Å². The Balaban J connectivity index is 1.99. The summed E-state index contributed by atoms with van der Waals surface area (Å²) in [7, 11) is 0. The lowest BCUT2D eigenvalue weighted by molar-refractivity contribution is -0.127. The van der Waals surface area contributed by atoms with Gasteiger partial charge in [0, 0.05) is 24.5 Å². The van der Waals surface area contributed by atoms with Gasteiger partial charge in [0.15, 0.2) is 5.16 Å². The first-order valence-electron chi connectivity index (χ1n) is 8.69. The molecular weight excluding hydrogens is 346 g/mol. The molecule has 0 spiro atoms. The van der Waals surface area contributed by atoms with Gasteiger partial charge in [0.1, 0.15) is 5.49 Å². The minimum Gasteiger partial charge on any atom is -0.342 e. The van der Waals surface area contributed by atoms with Crippen molar-refractivity contribution >= 4 is 23.4 Å². The molecule has 7 heteroatoms. The van der Waals surface area contributed by atoms with Gasteiger partial charge in [-0.25, -0.2) is 4.98 Å². The largest absolute Gasteiger partial charge is 0.342 e. The van der Waals surface area contributed by atoms with Crippen molar-refractivity contribution in [3.63, 3.8) is 0 Å². The van der Waals surface area contributed by atoms with Crippen LogP contribution in [0.15, 0.2) is 35.5 Å². The van der Waals surface area contributed by atoms with E-state index in [1.54, 1.807) is 11.5 Å². The van der Waals surface area contributed by atoms with Crippen LogP contribution in [0, 0.1) is 17.7 Å². The van der Waals surface area contributed by atoms with Crippen molar-refractivity contribution < 1.29 is 4.79 Å². The average Bonchev–Trinajstić information content (AvgIpc) is 3.14. The maximum absolute atomic E-state index is 12.4. The van der Waals surface area contributed by atoms with Crippen molar-refractivity contribution in [3.05, 3.63) is 47.1 Å². The third-order valence-corrected chi connectivity index (χ3v) is 5.37. The maximum atomic E-state index is 12.4. The molecule has 1 aromatic heterocycles. The van der Waals surface area contributed by atoms with Gasteiger partial charge in [-0.2, -0.15) is 0 Å². The lowest BCUT2D eigenvalue weighted by Gasteiger charge is -2.18. The van der Waals surface area contributed by atoms with Crippen molar-refractivity contribution in [2.24, 2.45) is 0 Å². The highest BCUT2D eigenvalue weighted by Crippen LogP contribution is 2.21. The summed E-state index contributed by atoms with van der Waals surface area (Å²) in [6.07, 6.45) is 2.14. The van der Waals surface area contributed by atoms with E-state index in [-0.39, 0.29) is 11.4 Å². The molecule has 1 amide bonds. The average molecular weight is 369 g/mol. The minimum absolute atomic E-state index is 0.116. The van der Waals surface area contributed by atoms with E-state index in [9.17, 15) is 4.79 Å². The number of amides is 1. The summed E-state index contributed by atoms with van der Waals surface area (Å²) in [6.45, 7) is 5.15. The van der Waals surface area contributed by atoms with E-state index in [0.717, 1.165) is 31.6 Å². The smallest absolute Gasteiger partial charge is 0.233 e. The Morgan fingerprint density at radius 3 is 2.50 bits per heavy atom. The van der Waals surface area contributed by atoms with E-state index < -0.39 is 0 Å². The number of likely N-dealkylation sites (tertiary alicyclic amines) is 1. The molecule has 26 heavy (non-hydrogen) atoms. The zero-order chi connectivity index (χ0) is 18.7. The Hall–Kier alpha value is -2.41. The summed E-state index contributed by atoms with van der Waals surface area (Å²) in [5.74, 6) is 0.423. The molecule has 1 saturated heterocycles. The summed E-state index contributed by atoms with van der Waals surface area (Å²) in [5, 5.41) is 17.2. The van der Waals surface area contributed by atoms with Gasteiger partial charge in [-0.1, -0.05) is 30.0 Å². The summed E-state index contributed by atoms with van der Waals surface area (Å²) < 4.78 is 1.72. The van der Waals surface area contributed by atoms with Crippen molar-refractivity contribution in [2.75, 3.05) is 18.8 Å². The number of thioether (sulfide) groups is 1. The van der Waals surface area contributed by atoms with Gasteiger partial charge in [0.05, 0.1) is 17.0 Å². The van der Waals surface area contributed by atoms with E-state index in [2.05, 4.69) is 4.98 Å². The van der Waals surface area contributed by atoms with Crippen LogP contribution in [0.2, 0.25) is 0 Å². The number of nitrogens with one attached hydrogen (secondary N) is 2. The Kier molecular flexibility index (Phi) is 5.56. The number of benzene rings is 1. The molecule has 1 fully saturated rings. The van der Waals surface area contributed by atoms with Crippen LogP contribution in [-0.4, -0.2) is 44.9 Å². The van der Waals surface area contributed by atoms with Gasteiger partial charge in [-0.15, -0.1) is 0 Å². The van der Waals surface area contributed by atoms with E-state index in [1.807, 2.05) is 42.2 Å². The van der Waals surface area contributed by atoms with Crippen LogP contribution >= 0.6 is 11.8 Å². The number of carbonyl (C=O) groups is 1. The molecule has 1 aliphatic heterocycles. The fourth-order valence-electron chi connectivity index (χ4n) is 3.17. The number of para-hydroxylation sites is 1. The Labute approximate surface area is 157 Å². The third-order valence-electron chi connectivity index (χ3n) is 4.45. The first-order valence-corrected chi connectivity index (χ1v) is 9.67. The predicted octanol–water partition coefficient (Wildman–Crippen LogP) is 2.76. The second-order valence-electron chi connectivity index (χ2n) is 6.38. The molecule has 1 aromatic carbocycles. The molecule has 136 valence electrons. The lowest BCUT2D eigenvalue weighted by Crippen LogP contribution is -2.31. The molecule has 0 bridgehead atoms. The maximum Gasteiger partial charge on any atom is 0.233 e. The van der Waals surface area contributed by atoms with Gasteiger partial charge in [-0.05, 0) is 38.8 Å². The standard InChI is InChI=1S/C19H23N5OS/c1-13(20)17-14(2)22-19(26-12-16(25)23-10-6-7-11-23)24(18(17)21)15-8-4-3-5-9-15/h3-5,8-9,20-21H,6-7,10-12H2,1-2H3. The molecule has 2 aromatic rings. The van der Waals surface area contributed by atoms with Crippen molar-refractivity contribution in [1.29, 1.82) is 10.8 Å². The van der Waals surface area contributed by atoms with Crippen molar-refractivity contribution in [3.8, 4) is 5.69 Å². The van der Waals surface area contributed by atoms with Crippen LogP contribution < -0.4 is 5.49 Å². The molecule has 0 radical (unpaired) electrons. The highest BCUT2D eigenvalue weighted by Gasteiger charge is 2.20. The van der Waals surface area contributed by atoms with Crippen molar-refractivity contribution in [2.45, 2.75) is 31.8 Å². The fraction of sp³-hybridized carbons (Fsp3) is 0.368. The highest BCUT2D eigenvalue weighted by atomic mass is 32.2. The first kappa shape index (κ1) is 18.4. The van der Waals surface area contributed by atoms with E-state index in [4.69, 9.17) is 10.8 Å². The second kappa shape index (κ2) is 7.86. The minimum atomic E-state index is 0.116. The van der Waals surface area contributed by atoms with Crippen LogP contribution in [0.1, 0.15) is 31.0 Å². The third kappa shape index (κ3) is 3.72. The Bertz CT molecular complexity index is 885. The fourth-order valence-corrected chi connectivity index (χ4v) is 4.14. The summed E-state index contributed by atoms with van der Waals surface area (Å²) >= 11 is 1.36. The van der Waals surface area contributed by atoms with Crippen LogP contribution in [0.25, 0.3) is 5.69 Å². The molecule has 3 rings (SSSR count). The number of hydrogen-bond donors (Lipinski definition) is 2. The van der Waals surface area contributed by atoms with Crippen LogP contribution in [0.4, 0.5) is 0 Å². The predicted molar refractivity (Wildman–Crippen MR) is 103 cm³/mol. The zero-order valence-corrected chi connectivity index (χ0v) is 15.9. The first-order chi connectivity index (χ1) is 12.5. The highest BCUT2D eigenvalue weighted by molar-refractivity contribution is 7.99. The van der Waals surface area contributed by atoms with E-state index in [0.29, 0.717) is 27.9 Å². The van der Waals surface area contributed by atoms with Gasteiger partial charge in [0.2, 0.25) is 5.91 Å². The zero-order valence-electron chi connectivity index (χ0n) is 15.1. The number of aryl methyl sites for hydroxylation is 1. The van der Waals surface area contributed by atoms with Gasteiger partial charge in [-0.3, -0.25) is 14.8 Å². The monoisotopic (exact) mass is 369 g/mol. The number of rotatable bonds is 5. The molecular formula is C19H23N5OS. The quantitative estimate of drug-likeness (QED) is 0.483. The SMILES string of the molecule is CC(=N)c1c(C)nc(SCC(=O)N2CCCC2)n(-c2ccccc2)c1=N. The van der Waals surface area contributed by atoms with Gasteiger partial charge < -0.3 is 10.3 Å². The molecule has 0 atom stereocenters. The summed E-state index contributed by atoms with van der Waals surface area (Å²) in [6, 6.07) is 9.54.